The molecule has 1 unspecified atom stereocenters. The number of Topliss-reactive ketones (excluding diaryl/α,β-unsaturated/α-hetero) is 1. The molecule has 1 fully saturated rings. The summed E-state index contributed by atoms with van der Waals surface area (Å²) in [5, 5.41) is 21.3. The minimum absolute atomic E-state index is 0.101. The lowest BCUT2D eigenvalue weighted by Crippen LogP contribution is -2.38. The lowest BCUT2D eigenvalue weighted by molar-refractivity contribution is 0.0841. The Hall–Kier alpha value is -4.15. The maximum absolute atomic E-state index is 12.8. The van der Waals surface area contributed by atoms with Crippen LogP contribution in [0.15, 0.2) is 84.5 Å². The average Bonchev–Trinajstić information content (AvgIpc) is 3.59. The maximum Gasteiger partial charge on any atom is 0.323 e. The standard InChI is InChI=1S/C30H24ClN5O3S/c31-20-2-1-3-22(14-20)36-30(39)35-21-10-8-18(9-11-21)25-29-26(34-16-33-25)23(15-40-29)17-4-6-19(7-5-17)28(38)27-24(37)12-13-32-27/h1-11,14-16,24,27,32,37H,12-13H2,(H2,35,36,39)/t24?,27-/m0/s1. The lowest BCUT2D eigenvalue weighted by Gasteiger charge is -2.13. The zero-order valence-corrected chi connectivity index (χ0v) is 22.7. The fraction of sp³-hybridized carbons (Fsp3) is 0.133. The molecule has 0 saturated carbocycles. The Morgan fingerprint density at radius 1 is 0.950 bits per heavy atom. The largest absolute Gasteiger partial charge is 0.391 e. The van der Waals surface area contributed by atoms with E-state index in [0.717, 1.165) is 32.6 Å². The van der Waals surface area contributed by atoms with Gasteiger partial charge in [0.2, 0.25) is 0 Å². The van der Waals surface area contributed by atoms with Gasteiger partial charge in [-0.25, -0.2) is 14.8 Å². The van der Waals surface area contributed by atoms with E-state index in [0.29, 0.717) is 34.9 Å². The third kappa shape index (κ3) is 5.32. The van der Waals surface area contributed by atoms with Gasteiger partial charge in [0.15, 0.2) is 5.78 Å². The van der Waals surface area contributed by atoms with Gasteiger partial charge in [0.1, 0.15) is 6.33 Å². The van der Waals surface area contributed by atoms with E-state index in [1.165, 1.54) is 0 Å². The first-order valence-electron chi connectivity index (χ1n) is 12.7. The molecule has 10 heteroatoms. The summed E-state index contributed by atoms with van der Waals surface area (Å²) in [5.41, 5.74) is 6.21. The average molecular weight is 570 g/mol. The second-order valence-corrected chi connectivity index (χ2v) is 10.8. The predicted octanol–water partition coefficient (Wildman–Crippen LogP) is 6.23. The maximum atomic E-state index is 12.8. The number of aliphatic hydroxyl groups excluding tert-OH is 1. The van der Waals surface area contributed by atoms with E-state index in [-0.39, 0.29) is 11.8 Å². The molecule has 200 valence electrons. The van der Waals surface area contributed by atoms with Gasteiger partial charge in [-0.2, -0.15) is 0 Å². The number of ketones is 1. The number of anilines is 2. The first-order valence-corrected chi connectivity index (χ1v) is 13.9. The molecular formula is C30H24ClN5O3S. The van der Waals surface area contributed by atoms with Gasteiger partial charge in [-0.1, -0.05) is 54.1 Å². The summed E-state index contributed by atoms with van der Waals surface area (Å²) < 4.78 is 0.940. The van der Waals surface area contributed by atoms with Gasteiger partial charge in [-0.3, -0.25) is 4.79 Å². The van der Waals surface area contributed by atoms with E-state index in [4.69, 9.17) is 11.6 Å². The summed E-state index contributed by atoms with van der Waals surface area (Å²) in [5.74, 6) is -0.101. The van der Waals surface area contributed by atoms with Gasteiger partial charge < -0.3 is 21.1 Å². The van der Waals surface area contributed by atoms with Crippen molar-refractivity contribution in [3.63, 3.8) is 0 Å². The third-order valence-electron chi connectivity index (χ3n) is 6.80. The number of rotatable bonds is 6. The van der Waals surface area contributed by atoms with Gasteiger partial charge in [-0.05, 0) is 48.9 Å². The molecule has 8 nitrogen and oxygen atoms in total. The van der Waals surface area contributed by atoms with Crippen LogP contribution in [0.4, 0.5) is 16.2 Å². The molecule has 0 radical (unpaired) electrons. The molecule has 1 saturated heterocycles. The minimum atomic E-state index is -0.654. The first-order chi connectivity index (χ1) is 19.5. The molecule has 5 aromatic rings. The van der Waals surface area contributed by atoms with Crippen molar-refractivity contribution < 1.29 is 14.7 Å². The van der Waals surface area contributed by atoms with Gasteiger partial charge in [0.05, 0.1) is 28.1 Å². The number of hydrogen-bond donors (Lipinski definition) is 4. The number of fused-ring (bicyclic) bond motifs is 1. The van der Waals surface area contributed by atoms with Crippen molar-refractivity contribution in [2.45, 2.75) is 18.6 Å². The second kappa shape index (κ2) is 11.1. The summed E-state index contributed by atoms with van der Waals surface area (Å²) >= 11 is 7.54. The van der Waals surface area contributed by atoms with E-state index in [9.17, 15) is 14.7 Å². The highest BCUT2D eigenvalue weighted by Crippen LogP contribution is 2.37. The number of carbonyl (C=O) groups excluding carboxylic acids is 2. The van der Waals surface area contributed by atoms with Gasteiger partial charge in [0, 0.05) is 38.5 Å². The molecule has 6 rings (SSSR count). The lowest BCUT2D eigenvalue weighted by atomic mass is 9.98. The molecule has 2 amide bonds. The monoisotopic (exact) mass is 569 g/mol. The molecule has 1 aliphatic rings. The molecule has 2 aromatic heterocycles. The highest BCUT2D eigenvalue weighted by atomic mass is 35.5. The number of benzene rings is 3. The van der Waals surface area contributed by atoms with Crippen LogP contribution >= 0.6 is 22.9 Å². The van der Waals surface area contributed by atoms with Crippen molar-refractivity contribution >= 4 is 56.3 Å². The van der Waals surface area contributed by atoms with Crippen LogP contribution in [-0.2, 0) is 0 Å². The topological polar surface area (TPSA) is 116 Å². The van der Waals surface area contributed by atoms with Crippen LogP contribution in [0, 0.1) is 0 Å². The molecule has 40 heavy (non-hydrogen) atoms. The molecule has 0 spiro atoms. The van der Waals surface area contributed by atoms with Crippen molar-refractivity contribution in [3.8, 4) is 22.4 Å². The van der Waals surface area contributed by atoms with Crippen molar-refractivity contribution in [3.05, 3.63) is 95.1 Å². The SMILES string of the molecule is O=C(Nc1ccc(-c2ncnc3c(-c4ccc(C(=O)[C@H]5NCCC5O)cc4)csc23)cc1)Nc1cccc(Cl)c1. The molecule has 1 aliphatic heterocycles. The second-order valence-electron chi connectivity index (χ2n) is 9.45. The summed E-state index contributed by atoms with van der Waals surface area (Å²) in [6, 6.07) is 20.9. The molecule has 2 atom stereocenters. The number of nitrogens with zero attached hydrogens (tertiary/aromatic N) is 2. The Kier molecular flexibility index (Phi) is 7.27. The smallest absolute Gasteiger partial charge is 0.323 e. The van der Waals surface area contributed by atoms with Crippen LogP contribution in [-0.4, -0.2) is 45.6 Å². The third-order valence-corrected chi connectivity index (χ3v) is 8.02. The number of aromatic nitrogens is 2. The van der Waals surface area contributed by atoms with E-state index < -0.39 is 12.1 Å². The number of carbonyl (C=O) groups is 2. The van der Waals surface area contributed by atoms with Crippen molar-refractivity contribution in [2.24, 2.45) is 0 Å². The van der Waals surface area contributed by atoms with Crippen LogP contribution in [0.1, 0.15) is 16.8 Å². The zero-order valence-electron chi connectivity index (χ0n) is 21.1. The molecule has 0 bridgehead atoms. The quantitative estimate of drug-likeness (QED) is 0.180. The van der Waals surface area contributed by atoms with Crippen LogP contribution in [0.5, 0.6) is 0 Å². The molecule has 0 aliphatic carbocycles. The zero-order chi connectivity index (χ0) is 27.6. The Labute approximate surface area is 239 Å². The van der Waals surface area contributed by atoms with Gasteiger partial charge in [0.25, 0.3) is 0 Å². The van der Waals surface area contributed by atoms with Crippen LogP contribution in [0.3, 0.4) is 0 Å². The number of amides is 2. The number of thiophene rings is 1. The van der Waals surface area contributed by atoms with Crippen LogP contribution < -0.4 is 16.0 Å². The molecule has 4 N–H and O–H groups in total. The molecular weight excluding hydrogens is 546 g/mol. The summed E-state index contributed by atoms with van der Waals surface area (Å²) in [7, 11) is 0. The fourth-order valence-corrected chi connectivity index (χ4v) is 6.01. The normalized spacial score (nSPS) is 16.6. The Bertz CT molecular complexity index is 1710. The van der Waals surface area contributed by atoms with Crippen molar-refractivity contribution in [2.75, 3.05) is 17.2 Å². The number of halogens is 1. The number of aliphatic hydroxyl groups is 1. The number of nitrogens with one attached hydrogen (secondary N) is 3. The van der Waals surface area contributed by atoms with E-state index in [1.54, 1.807) is 54.1 Å². The minimum Gasteiger partial charge on any atom is -0.391 e. The van der Waals surface area contributed by atoms with Gasteiger partial charge in [-0.15, -0.1) is 11.3 Å². The fourth-order valence-electron chi connectivity index (χ4n) is 4.78. The summed E-state index contributed by atoms with van der Waals surface area (Å²) in [6.07, 6.45) is 1.47. The van der Waals surface area contributed by atoms with E-state index in [2.05, 4.69) is 25.9 Å². The van der Waals surface area contributed by atoms with E-state index >= 15 is 0 Å². The van der Waals surface area contributed by atoms with Gasteiger partial charge >= 0.3 is 6.03 Å². The molecule has 3 heterocycles. The number of hydrogen-bond acceptors (Lipinski definition) is 7. The molecule has 3 aromatic carbocycles. The number of urea groups is 1. The van der Waals surface area contributed by atoms with Crippen molar-refractivity contribution in [1.29, 1.82) is 0 Å². The first kappa shape index (κ1) is 26.1. The van der Waals surface area contributed by atoms with E-state index in [1.807, 2.05) is 41.8 Å². The summed E-state index contributed by atoms with van der Waals surface area (Å²) in [4.78, 5) is 34.2. The predicted molar refractivity (Wildman–Crippen MR) is 159 cm³/mol. The summed E-state index contributed by atoms with van der Waals surface area (Å²) in [6.45, 7) is 0.636. The Balaban J connectivity index is 1.19. The Morgan fingerprint density at radius 2 is 1.70 bits per heavy atom. The van der Waals surface area contributed by atoms with Crippen molar-refractivity contribution in [1.82, 2.24) is 15.3 Å². The Morgan fingerprint density at radius 3 is 2.42 bits per heavy atom. The van der Waals surface area contributed by atoms with Crippen LogP contribution in [0.2, 0.25) is 5.02 Å². The highest BCUT2D eigenvalue weighted by molar-refractivity contribution is 7.18. The highest BCUT2D eigenvalue weighted by Gasteiger charge is 2.31. The van der Waals surface area contributed by atoms with Crippen LogP contribution in [0.25, 0.3) is 32.6 Å².